The Balaban J connectivity index is 3.26. The van der Waals surface area contributed by atoms with Gasteiger partial charge in [0.2, 0.25) is 0 Å². The summed E-state index contributed by atoms with van der Waals surface area (Å²) in [6, 6.07) is 2.92. The van der Waals surface area contributed by atoms with Crippen LogP contribution in [0.15, 0.2) is 12.1 Å². The van der Waals surface area contributed by atoms with E-state index in [-0.39, 0.29) is 15.4 Å². The van der Waals surface area contributed by atoms with E-state index < -0.39 is 12.0 Å². The summed E-state index contributed by atoms with van der Waals surface area (Å²) < 4.78 is 10.1. The molecule has 7 heteroatoms. The number of likely N-dealkylation sites (N-methyl/N-ethyl adjacent to an activating group) is 1. The molecule has 1 rings (SSSR count). The Morgan fingerprint density at radius 2 is 1.92 bits per heavy atom. The second-order valence-electron chi connectivity index (χ2n) is 6.09. The largest absolute Gasteiger partial charge is 0.497 e. The normalized spacial score (nSPS) is 12.5. The first-order valence-corrected chi connectivity index (χ1v) is 8.14. The molecule has 0 bridgehead atoms. The number of ether oxygens (including phenoxy) is 2. The van der Waals surface area contributed by atoms with Crippen molar-refractivity contribution in [2.75, 3.05) is 33.6 Å². The summed E-state index contributed by atoms with van der Waals surface area (Å²) in [6.07, 6.45) is 1.49. The summed E-state index contributed by atoms with van der Waals surface area (Å²) in [5.74, 6) is -0.225. The third-order valence-electron chi connectivity index (χ3n) is 3.81. The van der Waals surface area contributed by atoms with Gasteiger partial charge in [-0.25, -0.2) is 4.79 Å². The van der Waals surface area contributed by atoms with Crippen LogP contribution in [0.25, 0.3) is 0 Å². The number of hydrogen-bond acceptors (Lipinski definition) is 5. The number of quaternary nitrogens is 1. The molecule has 134 valence electrons. The van der Waals surface area contributed by atoms with E-state index in [4.69, 9.17) is 22.3 Å². The zero-order valence-electron chi connectivity index (χ0n) is 15.1. The number of hydrogen-bond donors (Lipinski definition) is 1. The van der Waals surface area contributed by atoms with Crippen molar-refractivity contribution in [1.82, 2.24) is 0 Å². The summed E-state index contributed by atoms with van der Waals surface area (Å²) in [6.45, 7) is 3.80. The molecule has 1 N–H and O–H groups in total. The topological polar surface area (TPSA) is 64.6 Å². The molecule has 0 radical (unpaired) electrons. The molecule has 1 aromatic carbocycles. The molecule has 1 unspecified atom stereocenters. The van der Waals surface area contributed by atoms with Crippen LogP contribution in [0.4, 0.5) is 5.69 Å². The van der Waals surface area contributed by atoms with Crippen molar-refractivity contribution in [3.05, 3.63) is 23.3 Å². The number of nitrogens with zero attached hydrogens (tertiary/aromatic N) is 1. The SMILES string of the molecule is CCCC(C(=O)Nc1c(C)cc(OC)cc1C(=O)OC)[N+](C)(C)[S-]. The lowest BCUT2D eigenvalue weighted by molar-refractivity contribution is -0.768. The van der Waals surface area contributed by atoms with Gasteiger partial charge in [0, 0.05) is 6.42 Å². The molecule has 0 saturated heterocycles. The number of amides is 1. The predicted molar refractivity (Wildman–Crippen MR) is 95.9 cm³/mol. The monoisotopic (exact) mass is 354 g/mol. The van der Waals surface area contributed by atoms with Gasteiger partial charge in [-0.3, -0.25) is 4.79 Å². The first-order chi connectivity index (χ1) is 11.1. The highest BCUT2D eigenvalue weighted by molar-refractivity contribution is 7.52. The van der Waals surface area contributed by atoms with E-state index in [1.165, 1.54) is 14.2 Å². The molecule has 24 heavy (non-hydrogen) atoms. The van der Waals surface area contributed by atoms with E-state index in [1.807, 2.05) is 6.92 Å². The highest BCUT2D eigenvalue weighted by atomic mass is 32.1. The average Bonchev–Trinajstić information content (AvgIpc) is 2.51. The third kappa shape index (κ3) is 4.88. The number of carbonyl (C=O) groups is 2. The van der Waals surface area contributed by atoms with E-state index >= 15 is 0 Å². The Kier molecular flexibility index (Phi) is 7.10. The van der Waals surface area contributed by atoms with Crippen molar-refractivity contribution in [2.24, 2.45) is 0 Å². The standard InChI is InChI=1S/C17H26N2O4S/c1-7-8-14(19(3,4)24)16(20)18-15-11(2)9-12(22-5)10-13(15)17(21)23-6/h9-10,14H,7-8H2,1-6H3,(H,18,20). The van der Waals surface area contributed by atoms with Gasteiger partial charge in [-0.15, -0.1) is 0 Å². The van der Waals surface area contributed by atoms with E-state index in [1.54, 1.807) is 33.2 Å². The average molecular weight is 354 g/mol. The van der Waals surface area contributed by atoms with Crippen molar-refractivity contribution in [3.8, 4) is 5.75 Å². The van der Waals surface area contributed by atoms with Gasteiger partial charge >= 0.3 is 5.97 Å². The molecule has 0 heterocycles. The Labute approximate surface area is 149 Å². The number of nitrogens with one attached hydrogen (secondary N) is 1. The fraction of sp³-hybridized carbons (Fsp3) is 0.529. The Morgan fingerprint density at radius 1 is 1.29 bits per heavy atom. The van der Waals surface area contributed by atoms with Crippen molar-refractivity contribution in [2.45, 2.75) is 32.7 Å². The van der Waals surface area contributed by atoms with Crippen molar-refractivity contribution < 1.29 is 23.0 Å². The lowest BCUT2D eigenvalue weighted by Crippen LogP contribution is -2.50. The molecule has 0 saturated carbocycles. The van der Waals surface area contributed by atoms with Crippen LogP contribution in [-0.4, -0.2) is 50.1 Å². The fourth-order valence-electron chi connectivity index (χ4n) is 2.51. The molecule has 1 atom stereocenters. The first-order valence-electron chi connectivity index (χ1n) is 7.78. The van der Waals surface area contributed by atoms with Gasteiger partial charge in [0.25, 0.3) is 5.91 Å². The summed E-state index contributed by atoms with van der Waals surface area (Å²) in [5.41, 5.74) is 1.40. The van der Waals surface area contributed by atoms with E-state index in [2.05, 4.69) is 5.32 Å². The van der Waals surface area contributed by atoms with Crippen molar-refractivity contribution in [3.63, 3.8) is 0 Å². The number of methoxy groups -OCH3 is 2. The molecule has 0 fully saturated rings. The van der Waals surface area contributed by atoms with Crippen molar-refractivity contribution in [1.29, 1.82) is 0 Å². The summed E-state index contributed by atoms with van der Waals surface area (Å²) in [7, 11) is 6.42. The maximum absolute atomic E-state index is 12.7. The van der Waals surface area contributed by atoms with Crippen LogP contribution in [0, 0.1) is 6.92 Å². The van der Waals surface area contributed by atoms with Gasteiger partial charge in [-0.2, -0.15) is 0 Å². The number of anilines is 1. The predicted octanol–water partition coefficient (Wildman–Crippen LogP) is 2.44. The number of carbonyl (C=O) groups excluding carboxylic acids is 2. The number of rotatable bonds is 7. The number of benzene rings is 1. The minimum Gasteiger partial charge on any atom is -0.497 e. The third-order valence-corrected chi connectivity index (χ3v) is 4.07. The lowest BCUT2D eigenvalue weighted by Gasteiger charge is -2.42. The van der Waals surface area contributed by atoms with Crippen LogP contribution in [-0.2, 0) is 22.3 Å². The Bertz CT molecular complexity index is 611. The summed E-state index contributed by atoms with van der Waals surface area (Å²) in [5, 5.41) is 2.86. The molecule has 1 amide bonds. The van der Waals surface area contributed by atoms with Crippen LogP contribution in [0.3, 0.4) is 0 Å². The van der Waals surface area contributed by atoms with Crippen LogP contribution in [0.2, 0.25) is 0 Å². The number of esters is 1. The van der Waals surface area contributed by atoms with Crippen LogP contribution in [0.5, 0.6) is 5.75 Å². The van der Waals surface area contributed by atoms with E-state index in [0.29, 0.717) is 23.4 Å². The van der Waals surface area contributed by atoms with Gasteiger partial charge < -0.3 is 31.5 Å². The lowest BCUT2D eigenvalue weighted by atomic mass is 10.1. The van der Waals surface area contributed by atoms with Gasteiger partial charge in [0.15, 0.2) is 6.04 Å². The minimum atomic E-state index is -0.536. The minimum absolute atomic E-state index is 0.0996. The second kappa shape index (κ2) is 8.39. The molecule has 1 aromatic rings. The molecule has 0 spiro atoms. The second-order valence-corrected chi connectivity index (χ2v) is 7.03. The quantitative estimate of drug-likeness (QED) is 0.463. The molecule has 0 aromatic heterocycles. The maximum atomic E-state index is 12.7. The number of aryl methyl sites for hydroxylation is 1. The van der Waals surface area contributed by atoms with E-state index in [0.717, 1.165) is 6.42 Å². The summed E-state index contributed by atoms with van der Waals surface area (Å²) in [4.78, 5) is 24.8. The highest BCUT2D eigenvalue weighted by Crippen LogP contribution is 2.28. The van der Waals surface area contributed by atoms with Crippen LogP contribution < -0.4 is 10.1 Å². The zero-order chi connectivity index (χ0) is 18.5. The molecular formula is C17H26N2O4S. The fourth-order valence-corrected chi connectivity index (χ4v) is 2.71. The molecule has 0 aliphatic rings. The Morgan fingerprint density at radius 3 is 2.38 bits per heavy atom. The Hall–Kier alpha value is -1.73. The zero-order valence-corrected chi connectivity index (χ0v) is 16.0. The molecule has 6 nitrogen and oxygen atoms in total. The molecule has 0 aliphatic heterocycles. The van der Waals surface area contributed by atoms with Gasteiger partial charge in [-0.05, 0) is 24.6 Å². The summed E-state index contributed by atoms with van der Waals surface area (Å²) >= 11 is 5.41. The van der Waals surface area contributed by atoms with E-state index in [9.17, 15) is 9.59 Å². The van der Waals surface area contributed by atoms with Gasteiger partial charge in [0.05, 0.1) is 39.6 Å². The highest BCUT2D eigenvalue weighted by Gasteiger charge is 2.28. The van der Waals surface area contributed by atoms with Crippen molar-refractivity contribution >= 4 is 30.4 Å². The molecule has 0 aliphatic carbocycles. The maximum Gasteiger partial charge on any atom is 0.340 e. The smallest absolute Gasteiger partial charge is 0.340 e. The molecular weight excluding hydrogens is 328 g/mol. The van der Waals surface area contributed by atoms with Gasteiger partial charge in [0.1, 0.15) is 5.75 Å². The van der Waals surface area contributed by atoms with Gasteiger partial charge in [-0.1, -0.05) is 13.3 Å². The first kappa shape index (κ1) is 20.3. The van der Waals surface area contributed by atoms with Crippen LogP contribution >= 0.6 is 0 Å². The van der Waals surface area contributed by atoms with Crippen LogP contribution in [0.1, 0.15) is 35.7 Å².